The molecule has 0 spiro atoms. The van der Waals surface area contributed by atoms with Gasteiger partial charge in [-0.3, -0.25) is 0 Å². The van der Waals surface area contributed by atoms with E-state index in [9.17, 15) is 0 Å². The van der Waals surface area contributed by atoms with Crippen molar-refractivity contribution in [2.24, 2.45) is 0 Å². The van der Waals surface area contributed by atoms with E-state index in [1.807, 2.05) is 60.7 Å². The van der Waals surface area contributed by atoms with Gasteiger partial charge in [0.2, 0.25) is 5.89 Å². The molecular formula is C47H29N3O2. The smallest absolute Gasteiger partial charge is 0.227 e. The Morgan fingerprint density at radius 3 is 1.73 bits per heavy atom. The number of benzene rings is 7. The molecule has 0 bridgehead atoms. The number of hydrogen-bond donors (Lipinski definition) is 0. The van der Waals surface area contributed by atoms with E-state index in [4.69, 9.17) is 23.8 Å². The van der Waals surface area contributed by atoms with Crippen molar-refractivity contribution >= 4 is 33.0 Å². The second-order valence-electron chi connectivity index (χ2n) is 12.8. The molecule has 0 fully saturated rings. The van der Waals surface area contributed by atoms with Crippen LogP contribution in [0, 0.1) is 0 Å². The fraction of sp³-hybridized carbons (Fsp3) is 0. The summed E-state index contributed by atoms with van der Waals surface area (Å²) in [5.74, 6) is 1.18. The first-order chi connectivity index (χ1) is 25.7. The Morgan fingerprint density at radius 1 is 0.346 bits per heavy atom. The largest absolute Gasteiger partial charge is 0.456 e. The Labute approximate surface area is 299 Å². The highest BCUT2D eigenvalue weighted by atomic mass is 16.3. The van der Waals surface area contributed by atoms with Gasteiger partial charge in [0, 0.05) is 33.0 Å². The molecule has 0 N–H and O–H groups in total. The van der Waals surface area contributed by atoms with Crippen molar-refractivity contribution < 1.29 is 8.83 Å². The lowest BCUT2D eigenvalue weighted by Gasteiger charge is -2.12. The number of rotatable bonds is 6. The summed E-state index contributed by atoms with van der Waals surface area (Å²) in [7, 11) is 0. The third-order valence-electron chi connectivity index (χ3n) is 9.56. The molecule has 3 heterocycles. The van der Waals surface area contributed by atoms with Crippen LogP contribution < -0.4 is 0 Å². The van der Waals surface area contributed by atoms with Crippen molar-refractivity contribution in [2.45, 2.75) is 0 Å². The van der Waals surface area contributed by atoms with Crippen molar-refractivity contribution in [1.82, 2.24) is 15.0 Å². The predicted molar refractivity (Wildman–Crippen MR) is 209 cm³/mol. The zero-order chi connectivity index (χ0) is 34.4. The quantitative estimate of drug-likeness (QED) is 0.177. The Morgan fingerprint density at radius 2 is 0.942 bits per heavy atom. The van der Waals surface area contributed by atoms with Crippen LogP contribution in [0.1, 0.15) is 0 Å². The van der Waals surface area contributed by atoms with E-state index in [1.54, 1.807) is 0 Å². The Balaban J connectivity index is 1.15. The van der Waals surface area contributed by atoms with Gasteiger partial charge in [-0.05, 0) is 70.8 Å². The molecule has 7 aromatic carbocycles. The fourth-order valence-electron chi connectivity index (χ4n) is 6.96. The SMILES string of the molecule is c1ccc(-c2ccc(-c3cc(-c4cccc(-c5ccccc5)c4)nc(-c4cccc5oc6ccc(-c7nc8ccccc8o7)cc6c45)n3)cc2)cc1. The molecule has 5 heteroatoms. The molecule has 0 atom stereocenters. The minimum Gasteiger partial charge on any atom is -0.456 e. The first-order valence-electron chi connectivity index (χ1n) is 17.3. The molecule has 0 saturated heterocycles. The average molecular weight is 668 g/mol. The number of para-hydroxylation sites is 2. The predicted octanol–water partition coefficient (Wildman–Crippen LogP) is 12.5. The summed E-state index contributed by atoms with van der Waals surface area (Å²) in [6.45, 7) is 0. The molecule has 0 aliphatic carbocycles. The monoisotopic (exact) mass is 667 g/mol. The normalized spacial score (nSPS) is 11.5. The van der Waals surface area contributed by atoms with E-state index in [0.717, 1.165) is 83.4 Å². The lowest BCUT2D eigenvalue weighted by atomic mass is 9.99. The summed E-state index contributed by atoms with van der Waals surface area (Å²) in [6.07, 6.45) is 0. The van der Waals surface area contributed by atoms with E-state index >= 15 is 0 Å². The van der Waals surface area contributed by atoms with Gasteiger partial charge in [0.15, 0.2) is 11.4 Å². The van der Waals surface area contributed by atoms with E-state index in [2.05, 4.69) is 115 Å². The zero-order valence-electron chi connectivity index (χ0n) is 27.9. The highest BCUT2D eigenvalue weighted by Gasteiger charge is 2.19. The minimum atomic E-state index is 0.563. The molecule has 0 radical (unpaired) electrons. The van der Waals surface area contributed by atoms with Gasteiger partial charge in [0.25, 0.3) is 0 Å². The van der Waals surface area contributed by atoms with Crippen LogP contribution in [0.5, 0.6) is 0 Å². The lowest BCUT2D eigenvalue weighted by molar-refractivity contribution is 0.620. The summed E-state index contributed by atoms with van der Waals surface area (Å²) in [4.78, 5) is 15.3. The Bertz CT molecular complexity index is 2860. The molecular weight excluding hydrogens is 639 g/mol. The number of hydrogen-bond acceptors (Lipinski definition) is 5. The van der Waals surface area contributed by atoms with Crippen LogP contribution in [0.4, 0.5) is 0 Å². The summed E-state index contributed by atoms with van der Waals surface area (Å²) < 4.78 is 12.6. The van der Waals surface area contributed by atoms with Gasteiger partial charge < -0.3 is 8.83 Å². The number of aromatic nitrogens is 3. The molecule has 52 heavy (non-hydrogen) atoms. The highest BCUT2D eigenvalue weighted by molar-refractivity contribution is 6.12. The molecule has 10 aromatic rings. The second-order valence-corrected chi connectivity index (χ2v) is 12.8. The highest BCUT2D eigenvalue weighted by Crippen LogP contribution is 2.39. The summed E-state index contributed by atoms with van der Waals surface area (Å²) in [5, 5.41) is 1.88. The first kappa shape index (κ1) is 29.8. The second kappa shape index (κ2) is 12.3. The summed E-state index contributed by atoms with van der Waals surface area (Å²) >= 11 is 0. The van der Waals surface area contributed by atoms with Gasteiger partial charge in [0.1, 0.15) is 16.7 Å². The van der Waals surface area contributed by atoms with Crippen LogP contribution >= 0.6 is 0 Å². The standard InChI is InChI=1S/C47H29N3O2/c1-3-11-30(12-4-1)32-21-23-33(24-22-32)40-29-41(35-16-9-15-34(27-35)31-13-5-2-6-14-31)49-46(48-40)37-17-10-20-44-45(37)38-28-36(25-26-42(38)51-44)47-50-39-18-7-8-19-43(39)52-47/h1-29H. The molecule has 0 unspecified atom stereocenters. The molecule has 0 saturated carbocycles. The molecule has 10 rings (SSSR count). The number of furan rings is 1. The maximum Gasteiger partial charge on any atom is 0.227 e. The van der Waals surface area contributed by atoms with Crippen LogP contribution in [-0.4, -0.2) is 15.0 Å². The number of nitrogens with zero attached hydrogens (tertiary/aromatic N) is 3. The van der Waals surface area contributed by atoms with E-state index in [-0.39, 0.29) is 0 Å². The van der Waals surface area contributed by atoms with Crippen molar-refractivity contribution in [3.05, 3.63) is 176 Å². The third kappa shape index (κ3) is 5.32. The van der Waals surface area contributed by atoms with Gasteiger partial charge in [-0.15, -0.1) is 0 Å². The van der Waals surface area contributed by atoms with Crippen LogP contribution in [0.2, 0.25) is 0 Å². The Hall–Kier alpha value is -7.11. The third-order valence-corrected chi connectivity index (χ3v) is 9.56. The average Bonchev–Trinajstić information content (AvgIpc) is 3.83. The maximum absolute atomic E-state index is 6.41. The van der Waals surface area contributed by atoms with Crippen LogP contribution in [-0.2, 0) is 0 Å². The molecule has 244 valence electrons. The van der Waals surface area contributed by atoms with E-state index in [1.165, 1.54) is 5.56 Å². The summed E-state index contributed by atoms with van der Waals surface area (Å²) in [5.41, 5.74) is 13.1. The molecule has 0 aliphatic heterocycles. The number of fused-ring (bicyclic) bond motifs is 4. The van der Waals surface area contributed by atoms with Gasteiger partial charge in [-0.1, -0.05) is 127 Å². The zero-order valence-corrected chi connectivity index (χ0v) is 27.9. The van der Waals surface area contributed by atoms with Crippen LogP contribution in [0.15, 0.2) is 185 Å². The molecule has 0 amide bonds. The maximum atomic E-state index is 6.41. The lowest BCUT2D eigenvalue weighted by Crippen LogP contribution is -1.96. The van der Waals surface area contributed by atoms with Crippen LogP contribution in [0.3, 0.4) is 0 Å². The van der Waals surface area contributed by atoms with Crippen molar-refractivity contribution in [3.8, 4) is 67.6 Å². The van der Waals surface area contributed by atoms with Gasteiger partial charge >= 0.3 is 0 Å². The van der Waals surface area contributed by atoms with E-state index < -0.39 is 0 Å². The first-order valence-corrected chi connectivity index (χ1v) is 17.3. The van der Waals surface area contributed by atoms with Crippen molar-refractivity contribution in [3.63, 3.8) is 0 Å². The molecule has 3 aromatic heterocycles. The Kier molecular flexibility index (Phi) is 7.07. The van der Waals surface area contributed by atoms with Crippen molar-refractivity contribution in [1.29, 1.82) is 0 Å². The van der Waals surface area contributed by atoms with Gasteiger partial charge in [-0.2, -0.15) is 0 Å². The van der Waals surface area contributed by atoms with Gasteiger partial charge in [0.05, 0.1) is 11.4 Å². The van der Waals surface area contributed by atoms with Crippen molar-refractivity contribution in [2.75, 3.05) is 0 Å². The minimum absolute atomic E-state index is 0.563. The van der Waals surface area contributed by atoms with Gasteiger partial charge in [-0.25, -0.2) is 15.0 Å². The number of oxazole rings is 1. The van der Waals surface area contributed by atoms with E-state index in [0.29, 0.717) is 11.7 Å². The topological polar surface area (TPSA) is 65.0 Å². The van der Waals surface area contributed by atoms with Crippen LogP contribution in [0.25, 0.3) is 101 Å². The molecule has 0 aliphatic rings. The fourth-order valence-corrected chi connectivity index (χ4v) is 6.96. The summed E-state index contributed by atoms with van der Waals surface area (Å²) in [6, 6.07) is 60.0. The molecule has 5 nitrogen and oxygen atoms in total.